The van der Waals surface area contributed by atoms with E-state index in [2.05, 4.69) is 4.98 Å². The number of carbonyl (C=O) groups is 1. The maximum atomic E-state index is 12.6. The van der Waals surface area contributed by atoms with E-state index in [4.69, 9.17) is 0 Å². The van der Waals surface area contributed by atoms with Gasteiger partial charge in [-0.15, -0.1) is 0 Å². The van der Waals surface area contributed by atoms with Crippen molar-refractivity contribution in [2.24, 2.45) is 5.92 Å². The molecule has 2 heterocycles. The molecule has 1 atom stereocenters. The number of likely N-dealkylation sites (tertiary alicyclic amines) is 1. The molecule has 1 amide bonds. The minimum Gasteiger partial charge on any atom is -0.396 e. The number of H-pyrrole nitrogens is 1. The molecule has 0 bridgehead atoms. The number of hydrogen-bond donors (Lipinski definition) is 2. The van der Waals surface area contributed by atoms with E-state index in [9.17, 15) is 14.7 Å². The van der Waals surface area contributed by atoms with Crippen LogP contribution in [0.15, 0.2) is 23.0 Å². The molecule has 24 heavy (non-hydrogen) atoms. The molecule has 1 unspecified atom stereocenters. The number of aromatic nitrogens is 2. The Morgan fingerprint density at radius 2 is 2.04 bits per heavy atom. The standard InChI is InChI=1S/C18H23N3O3/c22-11-12-7-8-20(10-12)17(23)13-5-6-16-15(9-13)19-18(24)21(16)14-3-1-2-4-14/h5-6,9,12,14,22H,1-4,7-8,10-11H2,(H,19,24). The van der Waals surface area contributed by atoms with Crippen LogP contribution in [0.25, 0.3) is 11.0 Å². The highest BCUT2D eigenvalue weighted by molar-refractivity contribution is 5.97. The van der Waals surface area contributed by atoms with E-state index in [0.717, 1.165) is 30.3 Å². The highest BCUT2D eigenvalue weighted by Gasteiger charge is 2.27. The summed E-state index contributed by atoms with van der Waals surface area (Å²) in [5, 5.41) is 9.23. The molecule has 0 radical (unpaired) electrons. The van der Waals surface area contributed by atoms with Crippen LogP contribution in [0, 0.1) is 5.92 Å². The molecule has 6 heteroatoms. The maximum Gasteiger partial charge on any atom is 0.326 e. The summed E-state index contributed by atoms with van der Waals surface area (Å²) in [7, 11) is 0. The molecule has 6 nitrogen and oxygen atoms in total. The zero-order valence-corrected chi connectivity index (χ0v) is 13.7. The molecular formula is C18H23N3O3. The Bertz CT molecular complexity index is 817. The van der Waals surface area contributed by atoms with Crippen LogP contribution >= 0.6 is 0 Å². The Labute approximate surface area is 140 Å². The van der Waals surface area contributed by atoms with Crippen molar-refractivity contribution in [2.75, 3.05) is 19.7 Å². The molecular weight excluding hydrogens is 306 g/mol. The van der Waals surface area contributed by atoms with Gasteiger partial charge in [-0.1, -0.05) is 12.8 Å². The van der Waals surface area contributed by atoms with E-state index < -0.39 is 0 Å². The number of benzene rings is 1. The van der Waals surface area contributed by atoms with Gasteiger partial charge < -0.3 is 15.0 Å². The predicted molar refractivity (Wildman–Crippen MR) is 91.2 cm³/mol. The number of rotatable bonds is 3. The Kier molecular flexibility index (Phi) is 3.92. The molecule has 0 spiro atoms. The van der Waals surface area contributed by atoms with E-state index in [1.165, 1.54) is 12.8 Å². The van der Waals surface area contributed by atoms with Gasteiger partial charge in [-0.3, -0.25) is 9.36 Å². The SMILES string of the molecule is O=C(c1ccc2c(c1)[nH]c(=O)n2C1CCCC1)N1CCC(CO)C1. The van der Waals surface area contributed by atoms with E-state index in [0.29, 0.717) is 18.7 Å². The number of nitrogens with zero attached hydrogens (tertiary/aromatic N) is 2. The summed E-state index contributed by atoms with van der Waals surface area (Å²) in [5.41, 5.74) is 2.14. The average Bonchev–Trinajstić information content (AvgIpc) is 3.31. The second-order valence-electron chi connectivity index (χ2n) is 7.06. The number of fused-ring (bicyclic) bond motifs is 1. The number of amides is 1. The lowest BCUT2D eigenvalue weighted by molar-refractivity contribution is 0.0782. The summed E-state index contributed by atoms with van der Waals surface area (Å²) in [4.78, 5) is 29.7. The lowest BCUT2D eigenvalue weighted by Crippen LogP contribution is -2.29. The second kappa shape index (κ2) is 6.09. The lowest BCUT2D eigenvalue weighted by Gasteiger charge is -2.16. The van der Waals surface area contributed by atoms with Gasteiger partial charge in [0.05, 0.1) is 11.0 Å². The molecule has 1 aromatic heterocycles. The van der Waals surface area contributed by atoms with Gasteiger partial charge in [0.1, 0.15) is 0 Å². The van der Waals surface area contributed by atoms with Crippen molar-refractivity contribution in [2.45, 2.75) is 38.1 Å². The summed E-state index contributed by atoms with van der Waals surface area (Å²) in [6.45, 7) is 1.41. The Morgan fingerprint density at radius 3 is 2.75 bits per heavy atom. The molecule has 4 rings (SSSR count). The van der Waals surface area contributed by atoms with Crippen LogP contribution in [0.5, 0.6) is 0 Å². The third kappa shape index (κ3) is 2.55. The zero-order chi connectivity index (χ0) is 16.7. The normalized spacial score (nSPS) is 21.9. The van der Waals surface area contributed by atoms with E-state index in [1.807, 2.05) is 16.7 Å². The zero-order valence-electron chi connectivity index (χ0n) is 13.7. The first-order valence-corrected chi connectivity index (χ1v) is 8.82. The third-order valence-electron chi connectivity index (χ3n) is 5.48. The van der Waals surface area contributed by atoms with Crippen molar-refractivity contribution < 1.29 is 9.90 Å². The van der Waals surface area contributed by atoms with Crippen LogP contribution in [0.2, 0.25) is 0 Å². The van der Waals surface area contributed by atoms with Gasteiger partial charge in [0.2, 0.25) is 0 Å². The lowest BCUT2D eigenvalue weighted by atomic mass is 10.1. The fourth-order valence-electron chi connectivity index (χ4n) is 4.14. The second-order valence-corrected chi connectivity index (χ2v) is 7.06. The van der Waals surface area contributed by atoms with Crippen molar-refractivity contribution in [3.8, 4) is 0 Å². The van der Waals surface area contributed by atoms with Crippen LogP contribution < -0.4 is 5.69 Å². The third-order valence-corrected chi connectivity index (χ3v) is 5.48. The van der Waals surface area contributed by atoms with Crippen LogP contribution in [0.1, 0.15) is 48.5 Å². The van der Waals surface area contributed by atoms with Gasteiger partial charge in [0.25, 0.3) is 5.91 Å². The molecule has 2 N–H and O–H groups in total. The summed E-state index contributed by atoms with van der Waals surface area (Å²) in [6.07, 6.45) is 5.27. The fraction of sp³-hybridized carbons (Fsp3) is 0.556. The minimum absolute atomic E-state index is 0.0256. The topological polar surface area (TPSA) is 78.3 Å². The first-order valence-electron chi connectivity index (χ1n) is 8.82. The first-order chi connectivity index (χ1) is 11.7. The summed E-state index contributed by atoms with van der Waals surface area (Å²) in [6, 6.07) is 5.77. The number of nitrogens with one attached hydrogen (secondary N) is 1. The maximum absolute atomic E-state index is 12.6. The van der Waals surface area contributed by atoms with Crippen LogP contribution in [-0.4, -0.2) is 45.2 Å². The molecule has 1 saturated carbocycles. The van der Waals surface area contributed by atoms with Gasteiger partial charge in [0, 0.05) is 37.2 Å². The molecule has 128 valence electrons. The minimum atomic E-state index is -0.0805. The van der Waals surface area contributed by atoms with E-state index in [1.54, 1.807) is 11.0 Å². The summed E-state index contributed by atoms with van der Waals surface area (Å²) in [5.74, 6) is 0.156. The molecule has 1 saturated heterocycles. The Morgan fingerprint density at radius 1 is 1.25 bits per heavy atom. The predicted octanol–water partition coefficient (Wildman–Crippen LogP) is 1.90. The van der Waals surface area contributed by atoms with Gasteiger partial charge in [-0.2, -0.15) is 0 Å². The highest BCUT2D eigenvalue weighted by atomic mass is 16.3. The summed E-state index contributed by atoms with van der Waals surface area (Å²) < 4.78 is 1.86. The molecule has 1 aliphatic carbocycles. The number of imidazole rings is 1. The van der Waals surface area contributed by atoms with Crippen LogP contribution in [-0.2, 0) is 0 Å². The number of aliphatic hydroxyl groups excluding tert-OH is 1. The van der Waals surface area contributed by atoms with Crippen molar-refractivity contribution in [3.05, 3.63) is 34.2 Å². The quantitative estimate of drug-likeness (QED) is 0.903. The van der Waals surface area contributed by atoms with E-state index >= 15 is 0 Å². The first kappa shape index (κ1) is 15.4. The van der Waals surface area contributed by atoms with Gasteiger partial charge >= 0.3 is 5.69 Å². The molecule has 1 aromatic carbocycles. The molecule has 2 fully saturated rings. The van der Waals surface area contributed by atoms with Gasteiger partial charge in [-0.05, 0) is 37.5 Å². The van der Waals surface area contributed by atoms with Crippen LogP contribution in [0.4, 0.5) is 0 Å². The van der Waals surface area contributed by atoms with Crippen molar-refractivity contribution in [3.63, 3.8) is 0 Å². The monoisotopic (exact) mass is 329 g/mol. The van der Waals surface area contributed by atoms with Crippen molar-refractivity contribution in [1.29, 1.82) is 0 Å². The van der Waals surface area contributed by atoms with Crippen molar-refractivity contribution >= 4 is 16.9 Å². The van der Waals surface area contributed by atoms with E-state index in [-0.39, 0.29) is 30.2 Å². The van der Waals surface area contributed by atoms with Gasteiger partial charge in [-0.25, -0.2) is 4.79 Å². The molecule has 2 aromatic rings. The Balaban J connectivity index is 1.64. The molecule has 2 aliphatic rings. The van der Waals surface area contributed by atoms with Crippen molar-refractivity contribution in [1.82, 2.24) is 14.5 Å². The largest absolute Gasteiger partial charge is 0.396 e. The van der Waals surface area contributed by atoms with Crippen LogP contribution in [0.3, 0.4) is 0 Å². The Hall–Kier alpha value is -2.08. The number of hydrogen-bond acceptors (Lipinski definition) is 3. The molecule has 1 aliphatic heterocycles. The highest BCUT2D eigenvalue weighted by Crippen LogP contribution is 2.31. The van der Waals surface area contributed by atoms with Gasteiger partial charge in [0.15, 0.2) is 0 Å². The number of aromatic amines is 1. The summed E-state index contributed by atoms with van der Waals surface area (Å²) >= 11 is 0. The smallest absolute Gasteiger partial charge is 0.326 e. The fourth-order valence-corrected chi connectivity index (χ4v) is 4.14. The number of carbonyl (C=O) groups excluding carboxylic acids is 1. The number of aliphatic hydroxyl groups is 1. The average molecular weight is 329 g/mol.